The number of nitrogens with one attached hydrogen (secondary N) is 1. The molecule has 8 nitrogen and oxygen atoms in total. The highest BCUT2D eigenvalue weighted by atomic mass is 19.1. The van der Waals surface area contributed by atoms with E-state index in [0.29, 0.717) is 6.42 Å². The fourth-order valence-electron chi connectivity index (χ4n) is 3.82. The van der Waals surface area contributed by atoms with E-state index in [-0.39, 0.29) is 34.5 Å². The van der Waals surface area contributed by atoms with Crippen LogP contribution in [0, 0.1) is 5.82 Å². The maximum absolute atomic E-state index is 14.2. The molecule has 9 heteroatoms. The molecule has 0 aliphatic carbocycles. The van der Waals surface area contributed by atoms with Crippen LogP contribution in [0.25, 0.3) is 0 Å². The minimum atomic E-state index is -0.899. The molecule has 0 bridgehead atoms. The quantitative estimate of drug-likeness (QED) is 0.294. The number of ether oxygens (including phenoxy) is 1. The lowest BCUT2D eigenvalue weighted by atomic mass is 10.1. The number of amides is 3. The van der Waals surface area contributed by atoms with Crippen molar-refractivity contribution >= 4 is 35.2 Å². The van der Waals surface area contributed by atoms with Crippen LogP contribution in [0.3, 0.4) is 0 Å². The maximum atomic E-state index is 14.2. The van der Waals surface area contributed by atoms with Gasteiger partial charge in [-0.05, 0) is 48.4 Å². The molecule has 0 aromatic heterocycles. The van der Waals surface area contributed by atoms with Gasteiger partial charge in [0, 0.05) is 19.2 Å². The lowest BCUT2D eigenvalue weighted by molar-refractivity contribution is -0.114. The summed E-state index contributed by atoms with van der Waals surface area (Å²) in [6.07, 6.45) is 0.492. The zero-order chi connectivity index (χ0) is 25.8. The van der Waals surface area contributed by atoms with Gasteiger partial charge in [-0.3, -0.25) is 24.1 Å². The molecule has 3 aromatic rings. The van der Waals surface area contributed by atoms with Crippen molar-refractivity contribution in [2.24, 2.45) is 0 Å². The normalized spacial score (nSPS) is 12.3. The molecule has 1 aliphatic heterocycles. The van der Waals surface area contributed by atoms with E-state index in [2.05, 4.69) is 5.32 Å². The highest BCUT2D eigenvalue weighted by Gasteiger charge is 2.35. The lowest BCUT2D eigenvalue weighted by Gasteiger charge is -2.13. The summed E-state index contributed by atoms with van der Waals surface area (Å²) in [4.78, 5) is 62.5. The number of carbonyl (C=O) groups excluding carboxylic acids is 5. The molecule has 0 unspecified atom stereocenters. The lowest BCUT2D eigenvalue weighted by Crippen LogP contribution is -2.31. The number of halogens is 1. The van der Waals surface area contributed by atoms with Crippen molar-refractivity contribution in [3.63, 3.8) is 0 Å². The Morgan fingerprint density at radius 1 is 0.917 bits per heavy atom. The standard InChI is InChI=1S/C27H21FN2O6/c1-16(31)29-19-8-10-21(23(28)14-19)24(32)15-36-27(35)18-7-9-20-22(13-18)26(34)30(25(20)33)12-11-17-5-3-2-4-6-17/h2-10,13-14H,11-12,15H2,1H3,(H,29,31). The van der Waals surface area contributed by atoms with Gasteiger partial charge in [0.2, 0.25) is 11.7 Å². The van der Waals surface area contributed by atoms with Crippen LogP contribution in [-0.4, -0.2) is 47.5 Å². The van der Waals surface area contributed by atoms with E-state index in [0.717, 1.165) is 16.5 Å². The summed E-state index contributed by atoms with van der Waals surface area (Å²) in [6.45, 7) is 0.723. The van der Waals surface area contributed by atoms with Gasteiger partial charge in [-0.1, -0.05) is 30.3 Å². The predicted octanol–water partition coefficient (Wildman–Crippen LogP) is 3.66. The minimum absolute atomic E-state index is 0.0194. The molecular formula is C27H21FN2O6. The van der Waals surface area contributed by atoms with E-state index >= 15 is 0 Å². The van der Waals surface area contributed by atoms with E-state index in [1.807, 2.05) is 30.3 Å². The Hall–Kier alpha value is -4.66. The van der Waals surface area contributed by atoms with Crippen molar-refractivity contribution < 1.29 is 33.1 Å². The maximum Gasteiger partial charge on any atom is 0.338 e. The van der Waals surface area contributed by atoms with Crippen molar-refractivity contribution in [1.82, 2.24) is 4.90 Å². The smallest absolute Gasteiger partial charge is 0.338 e. The molecule has 0 fully saturated rings. The number of ketones is 1. The molecular weight excluding hydrogens is 467 g/mol. The topological polar surface area (TPSA) is 110 Å². The number of hydrogen-bond donors (Lipinski definition) is 1. The Morgan fingerprint density at radius 2 is 1.64 bits per heavy atom. The summed E-state index contributed by atoms with van der Waals surface area (Å²) in [5, 5.41) is 2.40. The number of benzene rings is 3. The first kappa shape index (κ1) is 24.5. The van der Waals surface area contributed by atoms with Crippen molar-refractivity contribution in [3.8, 4) is 0 Å². The van der Waals surface area contributed by atoms with Gasteiger partial charge in [-0.15, -0.1) is 0 Å². The number of rotatable bonds is 8. The van der Waals surface area contributed by atoms with Gasteiger partial charge in [-0.2, -0.15) is 0 Å². The highest BCUT2D eigenvalue weighted by molar-refractivity contribution is 6.22. The second-order valence-corrected chi connectivity index (χ2v) is 8.13. The van der Waals surface area contributed by atoms with Gasteiger partial charge in [0.15, 0.2) is 6.61 Å². The Balaban J connectivity index is 1.40. The molecule has 0 radical (unpaired) electrons. The summed E-state index contributed by atoms with van der Waals surface area (Å²) in [7, 11) is 0. The number of nitrogens with zero attached hydrogens (tertiary/aromatic N) is 1. The van der Waals surface area contributed by atoms with Crippen LogP contribution in [0.5, 0.6) is 0 Å². The average Bonchev–Trinajstić information content (AvgIpc) is 3.10. The number of esters is 1. The molecule has 0 saturated heterocycles. The van der Waals surface area contributed by atoms with Crippen LogP contribution in [0.2, 0.25) is 0 Å². The molecule has 182 valence electrons. The second kappa shape index (κ2) is 10.3. The van der Waals surface area contributed by atoms with E-state index in [1.165, 1.54) is 37.3 Å². The summed E-state index contributed by atoms with van der Waals surface area (Å²) < 4.78 is 19.3. The van der Waals surface area contributed by atoms with Crippen LogP contribution in [0.15, 0.2) is 66.7 Å². The SMILES string of the molecule is CC(=O)Nc1ccc(C(=O)COC(=O)c2ccc3c(c2)C(=O)N(CCc2ccccc2)C3=O)c(F)c1. The largest absolute Gasteiger partial charge is 0.454 e. The molecule has 3 amide bonds. The molecule has 3 aromatic carbocycles. The van der Waals surface area contributed by atoms with Crippen LogP contribution in [0.4, 0.5) is 10.1 Å². The first-order chi connectivity index (χ1) is 17.2. The van der Waals surface area contributed by atoms with Gasteiger partial charge >= 0.3 is 5.97 Å². The molecule has 0 saturated carbocycles. The van der Waals surface area contributed by atoms with Gasteiger partial charge in [0.05, 0.1) is 22.3 Å². The zero-order valence-electron chi connectivity index (χ0n) is 19.2. The second-order valence-electron chi connectivity index (χ2n) is 8.13. The van der Waals surface area contributed by atoms with Crippen molar-refractivity contribution in [2.75, 3.05) is 18.5 Å². The fraction of sp³-hybridized carbons (Fsp3) is 0.148. The Bertz CT molecular complexity index is 1390. The summed E-state index contributed by atoms with van der Waals surface area (Å²) in [5.41, 5.74) is 1.10. The van der Waals surface area contributed by atoms with E-state index in [4.69, 9.17) is 4.74 Å². The third kappa shape index (κ3) is 5.20. The predicted molar refractivity (Wildman–Crippen MR) is 127 cm³/mol. The van der Waals surface area contributed by atoms with Crippen LogP contribution in [0.1, 0.15) is 53.9 Å². The number of anilines is 1. The van der Waals surface area contributed by atoms with Crippen molar-refractivity contribution in [2.45, 2.75) is 13.3 Å². The number of fused-ring (bicyclic) bond motifs is 1. The first-order valence-corrected chi connectivity index (χ1v) is 11.1. The van der Waals surface area contributed by atoms with Crippen LogP contribution in [-0.2, 0) is 16.0 Å². The summed E-state index contributed by atoms with van der Waals surface area (Å²) in [6, 6.07) is 16.9. The van der Waals surface area contributed by atoms with Crippen molar-refractivity contribution in [1.29, 1.82) is 0 Å². The Labute approximate surface area is 205 Å². The van der Waals surface area contributed by atoms with Gasteiger partial charge in [-0.25, -0.2) is 9.18 Å². The Morgan fingerprint density at radius 3 is 2.33 bits per heavy atom. The molecule has 1 N–H and O–H groups in total. The van der Waals surface area contributed by atoms with E-state index < -0.39 is 41.9 Å². The van der Waals surface area contributed by atoms with E-state index in [1.54, 1.807) is 0 Å². The number of carbonyl (C=O) groups is 5. The molecule has 1 heterocycles. The fourth-order valence-corrected chi connectivity index (χ4v) is 3.82. The minimum Gasteiger partial charge on any atom is -0.454 e. The molecule has 0 spiro atoms. The van der Waals surface area contributed by atoms with Gasteiger partial charge in [0.25, 0.3) is 11.8 Å². The third-order valence-electron chi connectivity index (χ3n) is 5.60. The summed E-state index contributed by atoms with van der Waals surface area (Å²) in [5.74, 6) is -3.91. The van der Waals surface area contributed by atoms with Gasteiger partial charge in [0.1, 0.15) is 5.82 Å². The molecule has 1 aliphatic rings. The Kier molecular flexibility index (Phi) is 7.00. The average molecular weight is 488 g/mol. The number of hydrogen-bond acceptors (Lipinski definition) is 6. The molecule has 4 rings (SSSR count). The van der Waals surface area contributed by atoms with Crippen molar-refractivity contribution in [3.05, 3.63) is 100 Å². The third-order valence-corrected chi connectivity index (χ3v) is 5.60. The van der Waals surface area contributed by atoms with Gasteiger partial charge < -0.3 is 10.1 Å². The highest BCUT2D eigenvalue weighted by Crippen LogP contribution is 2.25. The molecule has 0 atom stereocenters. The number of imide groups is 1. The monoisotopic (exact) mass is 488 g/mol. The van der Waals surface area contributed by atoms with Crippen LogP contribution >= 0.6 is 0 Å². The summed E-state index contributed by atoms with van der Waals surface area (Å²) >= 11 is 0. The first-order valence-electron chi connectivity index (χ1n) is 11.1. The van der Waals surface area contributed by atoms with E-state index in [9.17, 15) is 28.4 Å². The number of Topliss-reactive ketones (excluding diaryl/α,β-unsaturated/α-hetero) is 1. The molecule has 36 heavy (non-hydrogen) atoms. The zero-order valence-corrected chi connectivity index (χ0v) is 19.2. The van der Waals surface area contributed by atoms with Crippen LogP contribution < -0.4 is 5.32 Å².